The van der Waals surface area contributed by atoms with Gasteiger partial charge in [-0.15, -0.1) is 24.8 Å². The number of carbonyl (C=O) groups excluding carboxylic acids is 6. The maximum Gasteiger partial charge on any atom is 0.246 e. The molecule has 0 bridgehead atoms. The van der Waals surface area contributed by atoms with E-state index in [-0.39, 0.29) is 84.7 Å². The van der Waals surface area contributed by atoms with Gasteiger partial charge in [0.05, 0.1) is 24.2 Å². The molecule has 2 fully saturated rings. The molecule has 4 N–H and O–H groups in total. The van der Waals surface area contributed by atoms with Crippen LogP contribution < -0.4 is 30.7 Å². The molecule has 2 aliphatic heterocycles. The Balaban J connectivity index is 0.00000492. The average Bonchev–Trinajstić information content (AvgIpc) is 4.16. The number of halogens is 2. The fraction of sp³-hybridized carbons (Fsp3) is 0.484. The van der Waals surface area contributed by atoms with Crippen LogP contribution in [0.4, 0.5) is 0 Å². The number of ketones is 2. The first-order valence-electron chi connectivity index (χ1n) is 27.8. The van der Waals surface area contributed by atoms with Crippen LogP contribution in [0.1, 0.15) is 123 Å². The maximum atomic E-state index is 14.3. The SMILES string of the molecule is CN[C@@H](C)C(=O)N[C@@H](Cc1ccc(OC/C=C\COc2ccc(C[C@H](NC(=O)[C@H](C)NC)C(=O)N3CCC[C@H]3C(=O)C[C@@H]3CCCc4ccccc43)cc2)cc1)C(=O)N1CCCC1C(=O)C[C@@H]1CCCc2ccccc21.Cl.Cl. The van der Waals surface area contributed by atoms with Crippen molar-refractivity contribution < 1.29 is 38.2 Å². The van der Waals surface area contributed by atoms with Crippen LogP contribution in [0.5, 0.6) is 11.5 Å². The van der Waals surface area contributed by atoms with Gasteiger partial charge in [-0.05, 0) is 174 Å². The lowest BCUT2D eigenvalue weighted by Gasteiger charge is -2.31. The highest BCUT2D eigenvalue weighted by molar-refractivity contribution is 5.95. The number of rotatable bonds is 24. The van der Waals surface area contributed by atoms with Crippen molar-refractivity contribution >= 4 is 60.0 Å². The maximum absolute atomic E-state index is 14.3. The van der Waals surface area contributed by atoms with Gasteiger partial charge < -0.3 is 40.5 Å². The lowest BCUT2D eigenvalue weighted by molar-refractivity contribution is -0.141. The monoisotopic (exact) mass is 1110 g/mol. The molecule has 2 aliphatic carbocycles. The number of carbonyl (C=O) groups is 6. The lowest BCUT2D eigenvalue weighted by atomic mass is 9.79. The van der Waals surface area contributed by atoms with Gasteiger partial charge in [-0.25, -0.2) is 0 Å². The topological polar surface area (TPSA) is 175 Å². The fourth-order valence-corrected chi connectivity index (χ4v) is 11.6. The zero-order valence-electron chi connectivity index (χ0n) is 45.7. The number of likely N-dealkylation sites (tertiary alicyclic amines) is 2. The minimum Gasteiger partial charge on any atom is -0.490 e. The molecule has 0 spiro atoms. The molecule has 4 aromatic rings. The summed E-state index contributed by atoms with van der Waals surface area (Å²) in [6.07, 6.45) is 13.9. The normalized spacial score (nSPS) is 20.2. The summed E-state index contributed by atoms with van der Waals surface area (Å²) in [6.45, 7) is 5.04. The van der Waals surface area contributed by atoms with E-state index < -0.39 is 36.3 Å². The number of nitrogens with one attached hydrogen (secondary N) is 4. The number of fused-ring (bicyclic) bond motifs is 2. The molecule has 78 heavy (non-hydrogen) atoms. The molecule has 4 aromatic carbocycles. The zero-order chi connectivity index (χ0) is 53.6. The van der Waals surface area contributed by atoms with Crippen LogP contribution >= 0.6 is 24.8 Å². The minimum atomic E-state index is -0.847. The molecule has 8 atom stereocenters. The van der Waals surface area contributed by atoms with E-state index in [1.54, 1.807) is 37.7 Å². The van der Waals surface area contributed by atoms with Gasteiger partial charge >= 0.3 is 0 Å². The molecule has 2 saturated heterocycles. The Morgan fingerprint density at radius 1 is 0.538 bits per heavy atom. The Morgan fingerprint density at radius 2 is 0.923 bits per heavy atom. The molecular weight excluding hydrogens is 1030 g/mol. The molecule has 0 radical (unpaired) electrons. The van der Waals surface area contributed by atoms with Crippen LogP contribution in [0.15, 0.2) is 109 Å². The number of aryl methyl sites for hydroxylation is 2. The van der Waals surface area contributed by atoms with Crippen molar-refractivity contribution in [1.82, 2.24) is 31.1 Å². The van der Waals surface area contributed by atoms with Crippen LogP contribution in [0, 0.1) is 0 Å². The van der Waals surface area contributed by atoms with Gasteiger partial charge in [0.2, 0.25) is 23.6 Å². The molecular formula is C62H80Cl2N6O8. The quantitative estimate of drug-likeness (QED) is 0.0504. The van der Waals surface area contributed by atoms with Crippen molar-refractivity contribution in [1.29, 1.82) is 0 Å². The number of nitrogens with zero attached hydrogens (tertiary/aromatic N) is 2. The van der Waals surface area contributed by atoms with Crippen LogP contribution in [-0.2, 0) is 54.5 Å². The Morgan fingerprint density at radius 3 is 1.31 bits per heavy atom. The summed E-state index contributed by atoms with van der Waals surface area (Å²) >= 11 is 0. The second kappa shape index (κ2) is 29.8. The van der Waals surface area contributed by atoms with Crippen molar-refractivity contribution in [2.75, 3.05) is 40.4 Å². The smallest absolute Gasteiger partial charge is 0.246 e. The lowest BCUT2D eigenvalue weighted by Crippen LogP contribution is -2.55. The van der Waals surface area contributed by atoms with E-state index in [0.29, 0.717) is 63.5 Å². The highest BCUT2D eigenvalue weighted by Gasteiger charge is 2.41. The Hall–Kier alpha value is -6.06. The summed E-state index contributed by atoms with van der Waals surface area (Å²) < 4.78 is 12.0. The third-order valence-corrected chi connectivity index (χ3v) is 16.2. The van der Waals surface area contributed by atoms with Gasteiger partial charge in [-0.1, -0.05) is 72.8 Å². The average molecular weight is 1110 g/mol. The van der Waals surface area contributed by atoms with Gasteiger partial charge in [0.15, 0.2) is 11.6 Å². The van der Waals surface area contributed by atoms with Gasteiger partial charge in [-0.3, -0.25) is 28.8 Å². The molecule has 0 saturated carbocycles. The number of Topliss-reactive ketones (excluding diaryl/α,β-unsaturated/α-hetero) is 2. The van der Waals surface area contributed by atoms with Gasteiger partial charge in [0.1, 0.15) is 36.8 Å². The standard InChI is InChI=1S/C62H78N6O8.2ClH/c1-41(63-3)59(71)65-53(61(73)67-33-13-23-55(67)57(69)39-47-19-11-17-45-15-5-7-21-51(45)47)37-43-25-29-49(30-26-43)75-35-9-10-36-76-50-31-27-44(28-32-50)38-54(66-60(72)42(2)64-4)62(74)68-34-14-24-56(68)58(70)40-48-20-12-18-46-16-6-8-22-52(46)48;;/h5-10,15-16,21-22,25-32,41-42,47-48,53-56,63-64H,11-14,17-20,23-24,33-40H2,1-4H3,(H,65,71)(H,66,72);2*1H/b10-9-;;/t41-,42-,47-,48-,53-,54-,55-,56?;;/m0../s1. The van der Waals surface area contributed by atoms with Crippen molar-refractivity contribution in [3.8, 4) is 11.5 Å². The molecule has 1 unspecified atom stereocenters. The van der Waals surface area contributed by atoms with Gasteiger partial charge in [-0.2, -0.15) is 0 Å². The van der Waals surface area contributed by atoms with E-state index in [1.807, 2.05) is 72.8 Å². The summed E-state index contributed by atoms with van der Waals surface area (Å²) in [7, 11) is 3.40. The third kappa shape index (κ3) is 15.8. The first-order chi connectivity index (χ1) is 36.9. The highest BCUT2D eigenvalue weighted by atomic mass is 35.5. The van der Waals surface area contributed by atoms with E-state index in [4.69, 9.17) is 9.47 Å². The first kappa shape index (κ1) is 61.2. The molecule has 4 aliphatic rings. The van der Waals surface area contributed by atoms with Crippen LogP contribution in [0.2, 0.25) is 0 Å². The fourth-order valence-electron chi connectivity index (χ4n) is 11.6. The van der Waals surface area contributed by atoms with E-state index in [0.717, 1.165) is 62.5 Å². The van der Waals surface area contributed by atoms with Gasteiger partial charge in [0.25, 0.3) is 0 Å². The second-order valence-electron chi connectivity index (χ2n) is 21.2. The molecule has 14 nitrogen and oxygen atoms in total. The van der Waals surface area contributed by atoms with Crippen LogP contribution in [0.3, 0.4) is 0 Å². The number of amides is 4. The summed E-state index contributed by atoms with van der Waals surface area (Å²) in [5.74, 6) is 0.733. The van der Waals surface area contributed by atoms with Crippen molar-refractivity contribution in [3.05, 3.63) is 143 Å². The Bertz CT molecular complexity index is 2500. The predicted octanol–water partition coefficient (Wildman–Crippen LogP) is 7.96. The largest absolute Gasteiger partial charge is 0.490 e. The number of hydrogen-bond acceptors (Lipinski definition) is 10. The molecule has 4 amide bonds. The van der Waals surface area contributed by atoms with Crippen molar-refractivity contribution in [2.24, 2.45) is 0 Å². The molecule has 0 aromatic heterocycles. The van der Waals surface area contributed by atoms with Crippen molar-refractivity contribution in [3.63, 3.8) is 0 Å². The van der Waals surface area contributed by atoms with Crippen LogP contribution in [0.25, 0.3) is 0 Å². The van der Waals surface area contributed by atoms with E-state index in [9.17, 15) is 28.8 Å². The second-order valence-corrected chi connectivity index (χ2v) is 21.2. The zero-order valence-corrected chi connectivity index (χ0v) is 47.3. The number of benzene rings is 4. The summed E-state index contributed by atoms with van der Waals surface area (Å²) in [5, 5.41) is 11.9. The number of ether oxygens (including phenoxy) is 2. The first-order valence-corrected chi connectivity index (χ1v) is 27.8. The van der Waals surface area contributed by atoms with Crippen molar-refractivity contribution in [2.45, 2.75) is 152 Å². The molecule has 8 rings (SSSR count). The highest BCUT2D eigenvalue weighted by Crippen LogP contribution is 2.37. The summed E-state index contributed by atoms with van der Waals surface area (Å²) in [6, 6.07) is 28.0. The van der Waals surface area contributed by atoms with E-state index >= 15 is 0 Å². The molecule has 2 heterocycles. The molecule has 420 valence electrons. The Labute approximate surface area is 473 Å². The summed E-state index contributed by atoms with van der Waals surface area (Å²) in [5.41, 5.74) is 6.82. The predicted molar refractivity (Wildman–Crippen MR) is 309 cm³/mol. The number of hydrogen-bond donors (Lipinski definition) is 4. The molecule has 16 heteroatoms. The Kier molecular flexibility index (Phi) is 23.4. The summed E-state index contributed by atoms with van der Waals surface area (Å²) in [4.78, 5) is 86.2. The third-order valence-electron chi connectivity index (χ3n) is 16.2. The van der Waals surface area contributed by atoms with Crippen LogP contribution in [-0.4, -0.2) is 122 Å². The van der Waals surface area contributed by atoms with E-state index in [2.05, 4.69) is 57.7 Å². The number of likely N-dealkylation sites (N-methyl/N-ethyl adjacent to an activating group) is 2. The van der Waals surface area contributed by atoms with E-state index in [1.165, 1.54) is 22.3 Å². The minimum absolute atomic E-state index is 0. The van der Waals surface area contributed by atoms with Gasteiger partial charge in [0, 0.05) is 38.8 Å².